The van der Waals surface area contributed by atoms with Gasteiger partial charge >= 0.3 is 6.03 Å². The van der Waals surface area contributed by atoms with Crippen LogP contribution in [0.2, 0.25) is 0 Å². The van der Waals surface area contributed by atoms with Gasteiger partial charge < -0.3 is 25.2 Å². The van der Waals surface area contributed by atoms with Gasteiger partial charge in [0.25, 0.3) is 0 Å². The number of methoxy groups -OCH3 is 1. The summed E-state index contributed by atoms with van der Waals surface area (Å²) in [4.78, 5) is 31.1. The number of allylic oxidation sites excluding steroid dienone is 2. The highest BCUT2D eigenvalue weighted by atomic mass is 32.1. The highest BCUT2D eigenvalue weighted by Gasteiger charge is 2.57. The Bertz CT molecular complexity index is 1950. The van der Waals surface area contributed by atoms with Gasteiger partial charge in [0, 0.05) is 33.7 Å². The summed E-state index contributed by atoms with van der Waals surface area (Å²) in [5, 5.41) is 28.9. The Kier molecular flexibility index (Phi) is 11.8. The van der Waals surface area contributed by atoms with Crippen LogP contribution >= 0.6 is 11.3 Å². The molecule has 4 aromatic rings. The molecule has 7 nitrogen and oxygen atoms in total. The summed E-state index contributed by atoms with van der Waals surface area (Å²) in [6, 6.07) is 19.5. The summed E-state index contributed by atoms with van der Waals surface area (Å²) in [5.74, 6) is -2.24. The lowest BCUT2D eigenvalue weighted by Gasteiger charge is -2.46. The molecule has 7 rings (SSSR count). The van der Waals surface area contributed by atoms with Crippen molar-refractivity contribution in [3.05, 3.63) is 129 Å². The van der Waals surface area contributed by atoms with Crippen LogP contribution in [0, 0.1) is 17.0 Å². The smallest absolute Gasteiger partial charge is 0.321 e. The molecule has 3 N–H and O–H groups in total. The van der Waals surface area contributed by atoms with Gasteiger partial charge in [-0.3, -0.25) is 4.79 Å². The van der Waals surface area contributed by atoms with Crippen molar-refractivity contribution in [2.45, 2.75) is 82.8 Å². The van der Waals surface area contributed by atoms with Gasteiger partial charge in [-0.2, -0.15) is 0 Å². The Morgan fingerprint density at radius 3 is 2.53 bits per heavy atom. The maximum absolute atomic E-state index is 14.4. The Hall–Kier alpha value is -4.38. The molecule has 0 aliphatic heterocycles. The molecule has 3 aromatic carbocycles. The number of aliphatic hydroxyl groups excluding tert-OH is 1. The quantitative estimate of drug-likeness (QED) is 0.117. The van der Waals surface area contributed by atoms with Crippen LogP contribution in [0.1, 0.15) is 90.2 Å². The lowest BCUT2D eigenvalue weighted by atomic mass is 9.64. The molecule has 1 fully saturated rings. The third kappa shape index (κ3) is 8.56. The highest BCUT2D eigenvalue weighted by molar-refractivity contribution is 7.09. The number of ether oxygens (including phenoxy) is 1. The molecule has 1 heterocycles. The number of carbonyl (C=O) groups is 2. The second-order valence-electron chi connectivity index (χ2n) is 14.8. The van der Waals surface area contributed by atoms with Crippen molar-refractivity contribution in [1.82, 2.24) is 4.90 Å². The molecule has 4 atom stereocenters. The molecule has 1 aromatic heterocycles. The molecule has 2 bridgehead atoms. The number of halogens is 2. The Morgan fingerprint density at radius 1 is 1.02 bits per heavy atom. The zero-order valence-corrected chi connectivity index (χ0v) is 31.4. The molecule has 53 heavy (non-hydrogen) atoms. The molecule has 3 aliphatic rings. The molecule has 10 heteroatoms. The highest BCUT2D eigenvalue weighted by Crippen LogP contribution is 2.59. The van der Waals surface area contributed by atoms with E-state index in [1.165, 1.54) is 6.07 Å². The summed E-state index contributed by atoms with van der Waals surface area (Å²) < 4.78 is 33.6. The SMILES string of the molecule is COc1ccc(NC(=O)N(CCc2cccs2)CC2(O)CCC3c4ccc(cc4C(=O)c4ccc(F)c(F)c4)CC(O)CCC(C)=CCCC32C)cc1. The first-order valence-electron chi connectivity index (χ1n) is 18.3. The monoisotopic (exact) mass is 742 g/mol. The number of ketones is 1. The van der Waals surface area contributed by atoms with Crippen LogP contribution in [-0.4, -0.2) is 58.8 Å². The zero-order valence-electron chi connectivity index (χ0n) is 30.5. The molecule has 3 aliphatic carbocycles. The van der Waals surface area contributed by atoms with Gasteiger partial charge in [-0.1, -0.05) is 36.8 Å². The standard InChI is InChI=1S/C43H48F2N2O5S/c1-28-6-4-20-42(2)37(35-16-9-29(24-32(48)13-8-28)25-36(35)40(49)30-10-17-38(44)39(45)26-30)18-21-43(42,51)27-47(22-19-34-7-5-23-53-34)41(50)46-31-11-14-33(52-3)15-12-31/h5-7,9-12,14-17,23,25-26,32,37,48,51H,4,8,13,18-22,24,27H2,1-3H3,(H,46,50). The van der Waals surface area contributed by atoms with E-state index >= 15 is 0 Å². The van der Waals surface area contributed by atoms with E-state index in [1.54, 1.807) is 53.7 Å². The van der Waals surface area contributed by atoms with Gasteiger partial charge in [0.15, 0.2) is 17.4 Å². The fraction of sp³-hybridized carbons (Fsp3) is 0.395. The molecule has 1 saturated carbocycles. The largest absolute Gasteiger partial charge is 0.497 e. The minimum absolute atomic E-state index is 0.0208. The van der Waals surface area contributed by atoms with Crippen molar-refractivity contribution in [2.24, 2.45) is 5.41 Å². The Morgan fingerprint density at radius 2 is 1.81 bits per heavy atom. The number of carbonyl (C=O) groups excluding carboxylic acids is 2. The topological polar surface area (TPSA) is 99.1 Å². The molecule has 2 amide bonds. The van der Waals surface area contributed by atoms with Crippen molar-refractivity contribution in [3.63, 3.8) is 0 Å². The van der Waals surface area contributed by atoms with Crippen molar-refractivity contribution in [1.29, 1.82) is 0 Å². The van der Waals surface area contributed by atoms with Crippen LogP contribution < -0.4 is 10.1 Å². The van der Waals surface area contributed by atoms with Gasteiger partial charge in [0.05, 0.1) is 25.4 Å². The molecule has 4 unspecified atom stereocenters. The normalized spacial score (nSPS) is 23.1. The summed E-state index contributed by atoms with van der Waals surface area (Å²) in [7, 11) is 1.58. The van der Waals surface area contributed by atoms with E-state index in [4.69, 9.17) is 4.74 Å². The number of nitrogens with zero attached hydrogens (tertiary/aromatic N) is 1. The molecular formula is C43H48F2N2O5S. The summed E-state index contributed by atoms with van der Waals surface area (Å²) in [5.41, 5.74) is 1.44. The van der Waals surface area contributed by atoms with Crippen molar-refractivity contribution in [2.75, 3.05) is 25.5 Å². The first-order valence-corrected chi connectivity index (χ1v) is 19.2. The summed E-state index contributed by atoms with van der Waals surface area (Å²) in [6.07, 6.45) is 5.86. The van der Waals surface area contributed by atoms with E-state index < -0.39 is 34.5 Å². The number of rotatable bonds is 9. The fourth-order valence-corrected chi connectivity index (χ4v) is 8.83. The Balaban J connectivity index is 1.39. The lowest BCUT2D eigenvalue weighted by Crippen LogP contribution is -2.54. The zero-order chi connectivity index (χ0) is 37.8. The number of benzene rings is 3. The van der Waals surface area contributed by atoms with E-state index in [1.807, 2.05) is 29.6 Å². The van der Waals surface area contributed by atoms with Gasteiger partial charge in [0.1, 0.15) is 5.75 Å². The van der Waals surface area contributed by atoms with Crippen molar-refractivity contribution >= 4 is 28.8 Å². The number of nitrogens with one attached hydrogen (secondary N) is 1. The molecule has 0 radical (unpaired) electrons. The molecule has 0 saturated heterocycles. The average Bonchev–Trinajstić information content (AvgIpc) is 3.76. The molecule has 0 spiro atoms. The van der Waals surface area contributed by atoms with Crippen molar-refractivity contribution in [3.8, 4) is 5.75 Å². The predicted molar refractivity (Wildman–Crippen MR) is 205 cm³/mol. The number of amides is 2. The van der Waals surface area contributed by atoms with Gasteiger partial charge in [0.2, 0.25) is 0 Å². The van der Waals surface area contributed by atoms with E-state index in [9.17, 15) is 28.6 Å². The number of thiophene rings is 1. The second kappa shape index (κ2) is 16.3. The predicted octanol–water partition coefficient (Wildman–Crippen LogP) is 9.08. The molecular weight excluding hydrogens is 695 g/mol. The Labute approximate surface area is 314 Å². The maximum Gasteiger partial charge on any atom is 0.321 e. The summed E-state index contributed by atoms with van der Waals surface area (Å²) >= 11 is 1.62. The van der Waals surface area contributed by atoms with Crippen LogP contribution in [0.4, 0.5) is 19.3 Å². The summed E-state index contributed by atoms with van der Waals surface area (Å²) in [6.45, 7) is 4.55. The van der Waals surface area contributed by atoms with E-state index in [2.05, 4.69) is 25.2 Å². The number of fused-ring (bicyclic) bond motifs is 8. The maximum atomic E-state index is 14.4. The first-order chi connectivity index (χ1) is 25.4. The number of urea groups is 1. The third-order valence-electron chi connectivity index (χ3n) is 11.4. The van der Waals surface area contributed by atoms with Gasteiger partial charge in [-0.05, 0) is 135 Å². The minimum Gasteiger partial charge on any atom is -0.497 e. The van der Waals surface area contributed by atoms with Gasteiger partial charge in [-0.15, -0.1) is 11.3 Å². The third-order valence-corrected chi connectivity index (χ3v) is 12.3. The van der Waals surface area contributed by atoms with Crippen molar-refractivity contribution < 1.29 is 33.3 Å². The van der Waals surface area contributed by atoms with Gasteiger partial charge in [-0.25, -0.2) is 13.6 Å². The van der Waals surface area contributed by atoms with E-state index in [0.29, 0.717) is 80.5 Å². The van der Waals surface area contributed by atoms with E-state index in [0.717, 1.165) is 28.1 Å². The van der Waals surface area contributed by atoms with Crippen LogP contribution in [0.3, 0.4) is 0 Å². The first kappa shape index (κ1) is 38.3. The van der Waals surface area contributed by atoms with Crippen LogP contribution in [0.15, 0.2) is 89.8 Å². The minimum atomic E-state index is -1.35. The van der Waals surface area contributed by atoms with Crippen LogP contribution in [0.25, 0.3) is 0 Å². The number of hydrogen-bond donors (Lipinski definition) is 3. The number of anilines is 1. The molecule has 280 valence electrons. The number of aliphatic hydroxyl groups is 2. The lowest BCUT2D eigenvalue weighted by molar-refractivity contribution is -0.0762. The fourth-order valence-electron chi connectivity index (χ4n) is 8.13. The second-order valence-corrected chi connectivity index (χ2v) is 15.8. The average molecular weight is 743 g/mol. The van der Waals surface area contributed by atoms with Crippen LogP contribution in [0.5, 0.6) is 5.75 Å². The van der Waals surface area contributed by atoms with Crippen LogP contribution in [-0.2, 0) is 12.8 Å². The van der Waals surface area contributed by atoms with E-state index in [-0.39, 0.29) is 24.1 Å². The number of hydrogen-bond acceptors (Lipinski definition) is 6.